The molecule has 3 amide bonds. The van der Waals surface area contributed by atoms with Crippen LogP contribution in [0.3, 0.4) is 0 Å². The minimum absolute atomic E-state index is 0.0613. The molecule has 1 atom stereocenters. The normalized spacial score (nSPS) is 19.8. The predicted molar refractivity (Wildman–Crippen MR) is 90.7 cm³/mol. The minimum Gasteiger partial charge on any atom is -0.349 e. The number of carbonyl (C=O) groups is 3. The molecule has 1 saturated heterocycles. The molecule has 6 nitrogen and oxygen atoms in total. The number of benzene rings is 1. The molecule has 1 aromatic carbocycles. The Morgan fingerprint density at radius 3 is 2.56 bits per heavy atom. The summed E-state index contributed by atoms with van der Waals surface area (Å²) in [4.78, 5) is 38.1. The van der Waals surface area contributed by atoms with Crippen molar-refractivity contribution in [1.82, 2.24) is 14.8 Å². The quantitative estimate of drug-likeness (QED) is 0.842. The van der Waals surface area contributed by atoms with Gasteiger partial charge in [0.15, 0.2) is 0 Å². The molecule has 0 spiro atoms. The van der Waals surface area contributed by atoms with Crippen LogP contribution in [-0.4, -0.2) is 39.3 Å². The lowest BCUT2D eigenvalue weighted by molar-refractivity contribution is -0.126. The predicted octanol–water partition coefficient (Wildman–Crippen LogP) is 1.56. The molecule has 0 bridgehead atoms. The Hall–Kier alpha value is -2.89. The first-order valence-electron chi connectivity index (χ1n) is 8.48. The Labute approximate surface area is 145 Å². The van der Waals surface area contributed by atoms with E-state index in [1.165, 1.54) is 0 Å². The van der Waals surface area contributed by atoms with E-state index in [1.54, 1.807) is 17.2 Å². The van der Waals surface area contributed by atoms with Gasteiger partial charge in [0, 0.05) is 25.0 Å². The van der Waals surface area contributed by atoms with E-state index in [2.05, 4.69) is 5.32 Å². The molecule has 0 unspecified atom stereocenters. The van der Waals surface area contributed by atoms with Crippen molar-refractivity contribution in [2.75, 3.05) is 0 Å². The van der Waals surface area contributed by atoms with E-state index in [0.717, 1.165) is 18.4 Å². The van der Waals surface area contributed by atoms with Gasteiger partial charge in [-0.1, -0.05) is 30.3 Å². The molecule has 128 valence electrons. The second kappa shape index (κ2) is 6.20. The summed E-state index contributed by atoms with van der Waals surface area (Å²) in [6, 6.07) is 11.2. The highest BCUT2D eigenvalue weighted by molar-refractivity contribution is 6.08. The second-order valence-corrected chi connectivity index (χ2v) is 6.63. The molecule has 0 radical (unpaired) electrons. The number of aromatic nitrogens is 1. The first-order valence-corrected chi connectivity index (χ1v) is 8.48. The van der Waals surface area contributed by atoms with Crippen LogP contribution in [-0.2, 0) is 16.1 Å². The van der Waals surface area contributed by atoms with Crippen LogP contribution < -0.4 is 5.32 Å². The molecular weight excluding hydrogens is 318 g/mol. The average Bonchev–Trinajstić information content (AvgIpc) is 3.23. The van der Waals surface area contributed by atoms with Crippen LogP contribution in [0.2, 0.25) is 0 Å². The van der Waals surface area contributed by atoms with E-state index in [1.807, 2.05) is 41.1 Å². The van der Waals surface area contributed by atoms with Gasteiger partial charge >= 0.3 is 0 Å². The third-order valence-corrected chi connectivity index (χ3v) is 4.66. The van der Waals surface area contributed by atoms with Gasteiger partial charge in [0.05, 0.1) is 12.0 Å². The van der Waals surface area contributed by atoms with E-state index in [9.17, 15) is 14.4 Å². The van der Waals surface area contributed by atoms with Crippen molar-refractivity contribution in [3.63, 3.8) is 0 Å². The number of nitrogens with one attached hydrogen (secondary N) is 1. The topological polar surface area (TPSA) is 71.4 Å². The van der Waals surface area contributed by atoms with E-state index in [4.69, 9.17) is 0 Å². The van der Waals surface area contributed by atoms with Crippen LogP contribution in [0.5, 0.6) is 0 Å². The summed E-state index contributed by atoms with van der Waals surface area (Å²) in [7, 11) is 0. The minimum atomic E-state index is -0.676. The molecule has 1 aromatic heterocycles. The van der Waals surface area contributed by atoms with E-state index in [-0.39, 0.29) is 30.2 Å². The molecule has 1 saturated carbocycles. The van der Waals surface area contributed by atoms with Gasteiger partial charge in [0.1, 0.15) is 6.04 Å². The van der Waals surface area contributed by atoms with Gasteiger partial charge in [0.25, 0.3) is 5.91 Å². The summed E-state index contributed by atoms with van der Waals surface area (Å²) in [5.74, 6) is -0.853. The lowest BCUT2D eigenvalue weighted by Crippen LogP contribution is -2.45. The highest BCUT2D eigenvalue weighted by atomic mass is 16.2. The maximum absolute atomic E-state index is 13.0. The third kappa shape index (κ3) is 3.20. The van der Waals surface area contributed by atoms with Crippen molar-refractivity contribution in [2.45, 2.75) is 37.9 Å². The fraction of sp³-hybridized carbons (Fsp3) is 0.316. The second-order valence-electron chi connectivity index (χ2n) is 6.63. The van der Waals surface area contributed by atoms with Gasteiger partial charge in [-0.2, -0.15) is 0 Å². The average molecular weight is 337 g/mol. The maximum Gasteiger partial charge on any atom is 0.256 e. The lowest BCUT2D eigenvalue weighted by atomic mass is 10.1. The van der Waals surface area contributed by atoms with E-state index in [0.29, 0.717) is 12.1 Å². The molecule has 6 heteroatoms. The number of amides is 3. The number of carbonyl (C=O) groups excluding carboxylic acids is 3. The molecule has 1 aliphatic carbocycles. The summed E-state index contributed by atoms with van der Waals surface area (Å²) < 4.78 is 1.95. The summed E-state index contributed by atoms with van der Waals surface area (Å²) in [5, 5.41) is 2.30. The fourth-order valence-corrected chi connectivity index (χ4v) is 3.29. The largest absolute Gasteiger partial charge is 0.349 e. The van der Waals surface area contributed by atoms with Crippen molar-refractivity contribution in [2.24, 2.45) is 0 Å². The lowest BCUT2D eigenvalue weighted by Gasteiger charge is -2.26. The monoisotopic (exact) mass is 337 g/mol. The molecule has 4 rings (SSSR count). The summed E-state index contributed by atoms with van der Waals surface area (Å²) >= 11 is 0. The summed E-state index contributed by atoms with van der Waals surface area (Å²) in [6.07, 6.45) is 5.50. The van der Waals surface area contributed by atoms with Crippen LogP contribution >= 0.6 is 0 Å². The molecule has 1 aliphatic heterocycles. The summed E-state index contributed by atoms with van der Waals surface area (Å²) in [5.41, 5.74) is 1.70. The fourth-order valence-electron chi connectivity index (χ4n) is 3.29. The van der Waals surface area contributed by atoms with Crippen molar-refractivity contribution in [3.05, 3.63) is 59.9 Å². The molecule has 1 N–H and O–H groups in total. The zero-order valence-electron chi connectivity index (χ0n) is 13.7. The highest BCUT2D eigenvalue weighted by Gasteiger charge is 2.44. The van der Waals surface area contributed by atoms with Crippen molar-refractivity contribution in [3.8, 4) is 0 Å². The van der Waals surface area contributed by atoms with Gasteiger partial charge < -0.3 is 9.47 Å². The zero-order valence-corrected chi connectivity index (χ0v) is 13.7. The molecule has 25 heavy (non-hydrogen) atoms. The molecule has 2 heterocycles. The highest BCUT2D eigenvalue weighted by Crippen LogP contribution is 2.32. The van der Waals surface area contributed by atoms with E-state index < -0.39 is 6.04 Å². The van der Waals surface area contributed by atoms with Crippen molar-refractivity contribution < 1.29 is 14.4 Å². The van der Waals surface area contributed by atoms with Crippen LogP contribution in [0.25, 0.3) is 0 Å². The third-order valence-electron chi connectivity index (χ3n) is 4.66. The van der Waals surface area contributed by atoms with Crippen LogP contribution in [0, 0.1) is 0 Å². The molecule has 2 aliphatic rings. The van der Waals surface area contributed by atoms with Crippen LogP contribution in [0.1, 0.15) is 35.2 Å². The van der Waals surface area contributed by atoms with Gasteiger partial charge in [-0.3, -0.25) is 19.7 Å². The van der Waals surface area contributed by atoms with Gasteiger partial charge in [-0.05, 0) is 24.5 Å². The SMILES string of the molecule is O=C1C[C@H](N(C(=O)c2ccn(Cc3ccccc3)c2)C2CC2)C(=O)N1. The summed E-state index contributed by atoms with van der Waals surface area (Å²) in [6.45, 7) is 0.681. The molecular formula is C19H19N3O3. The molecule has 2 aromatic rings. The Morgan fingerprint density at radius 1 is 1.16 bits per heavy atom. The Bertz CT molecular complexity index is 823. The Kier molecular flexibility index (Phi) is 3.87. The Balaban J connectivity index is 1.53. The first-order chi connectivity index (χ1) is 12.1. The number of imide groups is 1. The van der Waals surface area contributed by atoms with Crippen LogP contribution in [0.4, 0.5) is 0 Å². The van der Waals surface area contributed by atoms with Gasteiger partial charge in [-0.15, -0.1) is 0 Å². The number of hydrogen-bond acceptors (Lipinski definition) is 3. The van der Waals surface area contributed by atoms with Gasteiger partial charge in [0.2, 0.25) is 11.8 Å². The Morgan fingerprint density at radius 2 is 1.92 bits per heavy atom. The maximum atomic E-state index is 13.0. The van der Waals surface area contributed by atoms with Gasteiger partial charge in [-0.25, -0.2) is 0 Å². The van der Waals surface area contributed by atoms with E-state index >= 15 is 0 Å². The standard InChI is InChI=1S/C19H19N3O3/c23-17-10-16(18(24)20-17)22(15-6-7-15)19(25)14-8-9-21(12-14)11-13-4-2-1-3-5-13/h1-5,8-9,12,15-16H,6-7,10-11H2,(H,20,23,24)/t16-/m0/s1. The van der Waals surface area contributed by atoms with Crippen LogP contribution in [0.15, 0.2) is 48.8 Å². The number of rotatable bonds is 5. The number of hydrogen-bond donors (Lipinski definition) is 1. The van der Waals surface area contributed by atoms with Crippen molar-refractivity contribution in [1.29, 1.82) is 0 Å². The first kappa shape index (κ1) is 15.6. The number of nitrogens with zero attached hydrogens (tertiary/aromatic N) is 2. The van der Waals surface area contributed by atoms with Crippen molar-refractivity contribution >= 4 is 17.7 Å². The molecule has 2 fully saturated rings. The zero-order chi connectivity index (χ0) is 17.4. The smallest absolute Gasteiger partial charge is 0.256 e.